The Morgan fingerprint density at radius 2 is 2.47 bits per heavy atom. The van der Waals surface area contributed by atoms with Crippen LogP contribution in [0.2, 0.25) is 0 Å². The summed E-state index contributed by atoms with van der Waals surface area (Å²) in [7, 11) is 0. The molecular weight excluding hydrogens is 242 g/mol. The second-order valence-corrected chi connectivity index (χ2v) is 5.29. The van der Waals surface area contributed by atoms with Crippen LogP contribution in [0.25, 0.3) is 0 Å². The van der Waals surface area contributed by atoms with Crippen molar-refractivity contribution < 1.29 is 9.53 Å². The van der Waals surface area contributed by atoms with Crippen LogP contribution in [0.4, 0.5) is 5.69 Å². The fraction of sp³-hybridized carbons (Fsp3) is 0.571. The maximum Gasteiger partial charge on any atom is 0.229 e. The number of fused-ring (bicyclic) bond motifs is 1. The molecule has 3 atom stereocenters. The van der Waals surface area contributed by atoms with Gasteiger partial charge in [-0.05, 0) is 37.4 Å². The van der Waals surface area contributed by atoms with Crippen molar-refractivity contribution in [3.05, 3.63) is 24.5 Å². The third-order valence-corrected chi connectivity index (χ3v) is 3.94. The number of carbonyl (C=O) groups is 1. The van der Waals surface area contributed by atoms with Crippen LogP contribution >= 0.6 is 0 Å². The Morgan fingerprint density at radius 3 is 3.32 bits per heavy atom. The van der Waals surface area contributed by atoms with E-state index in [-0.39, 0.29) is 11.8 Å². The highest BCUT2D eigenvalue weighted by Gasteiger charge is 2.35. The molecule has 2 aliphatic heterocycles. The van der Waals surface area contributed by atoms with E-state index in [0.717, 1.165) is 31.6 Å². The molecule has 5 nitrogen and oxygen atoms in total. The van der Waals surface area contributed by atoms with Crippen molar-refractivity contribution in [2.24, 2.45) is 11.8 Å². The minimum atomic E-state index is -0.0543. The summed E-state index contributed by atoms with van der Waals surface area (Å²) < 4.78 is 5.84. The molecule has 19 heavy (non-hydrogen) atoms. The Bertz CT molecular complexity index is 438. The number of anilines is 1. The molecule has 0 bridgehead atoms. The van der Waals surface area contributed by atoms with Crippen molar-refractivity contribution in [1.29, 1.82) is 0 Å². The molecule has 1 aromatic heterocycles. The molecule has 2 fully saturated rings. The van der Waals surface area contributed by atoms with Crippen molar-refractivity contribution in [2.45, 2.75) is 18.9 Å². The maximum absolute atomic E-state index is 12.2. The number of carbonyl (C=O) groups excluding carboxylic acids is 1. The summed E-state index contributed by atoms with van der Waals surface area (Å²) in [5, 5.41) is 6.28. The summed E-state index contributed by atoms with van der Waals surface area (Å²) in [5.74, 6) is 0.450. The molecule has 3 rings (SSSR count). The van der Waals surface area contributed by atoms with E-state index >= 15 is 0 Å². The maximum atomic E-state index is 12.2. The van der Waals surface area contributed by atoms with Gasteiger partial charge in [-0.1, -0.05) is 0 Å². The number of hydrogen-bond donors (Lipinski definition) is 2. The molecule has 0 aliphatic carbocycles. The summed E-state index contributed by atoms with van der Waals surface area (Å²) in [6, 6.07) is 3.66. The van der Waals surface area contributed by atoms with Crippen LogP contribution in [0.15, 0.2) is 24.5 Å². The number of piperidine rings is 1. The second-order valence-electron chi connectivity index (χ2n) is 5.29. The van der Waals surface area contributed by atoms with Gasteiger partial charge < -0.3 is 15.4 Å². The smallest absolute Gasteiger partial charge is 0.229 e. The van der Waals surface area contributed by atoms with Gasteiger partial charge in [0.25, 0.3) is 0 Å². The third kappa shape index (κ3) is 2.93. The fourth-order valence-corrected chi connectivity index (χ4v) is 2.89. The van der Waals surface area contributed by atoms with E-state index < -0.39 is 0 Å². The molecule has 3 heterocycles. The molecule has 2 saturated heterocycles. The molecule has 1 amide bonds. The van der Waals surface area contributed by atoms with Crippen LogP contribution in [-0.4, -0.2) is 36.7 Å². The van der Waals surface area contributed by atoms with Crippen LogP contribution in [0, 0.1) is 11.8 Å². The van der Waals surface area contributed by atoms with E-state index in [1.807, 2.05) is 12.1 Å². The van der Waals surface area contributed by atoms with Gasteiger partial charge in [-0.15, -0.1) is 0 Å². The van der Waals surface area contributed by atoms with Gasteiger partial charge in [-0.25, -0.2) is 0 Å². The lowest BCUT2D eigenvalue weighted by molar-refractivity contribution is -0.131. The molecule has 1 aromatic rings. The highest BCUT2D eigenvalue weighted by molar-refractivity contribution is 5.92. The Hall–Kier alpha value is -1.46. The number of nitrogens with one attached hydrogen (secondary N) is 2. The van der Waals surface area contributed by atoms with Crippen molar-refractivity contribution in [1.82, 2.24) is 10.3 Å². The molecule has 0 spiro atoms. The van der Waals surface area contributed by atoms with Gasteiger partial charge >= 0.3 is 0 Å². The normalized spacial score (nSPS) is 30.4. The lowest BCUT2D eigenvalue weighted by Crippen LogP contribution is -2.48. The van der Waals surface area contributed by atoms with E-state index in [0.29, 0.717) is 18.6 Å². The molecular formula is C14H19N3O2. The van der Waals surface area contributed by atoms with Gasteiger partial charge in [-0.3, -0.25) is 9.78 Å². The zero-order valence-electron chi connectivity index (χ0n) is 10.8. The molecule has 2 N–H and O–H groups in total. The number of ether oxygens (including phenoxy) is 1. The van der Waals surface area contributed by atoms with Crippen LogP contribution in [0.5, 0.6) is 0 Å². The SMILES string of the molecule is O=C(Nc1cccnc1)[C@@H]1CO[C@@H]2CCNC[C@@H]2C1. The molecule has 0 radical (unpaired) electrons. The number of pyridine rings is 1. The molecule has 102 valence electrons. The molecule has 0 unspecified atom stereocenters. The zero-order valence-corrected chi connectivity index (χ0v) is 10.8. The lowest BCUT2D eigenvalue weighted by atomic mass is 9.84. The topological polar surface area (TPSA) is 63.2 Å². The monoisotopic (exact) mass is 261 g/mol. The van der Waals surface area contributed by atoms with Crippen LogP contribution in [0.1, 0.15) is 12.8 Å². The fourth-order valence-electron chi connectivity index (χ4n) is 2.89. The van der Waals surface area contributed by atoms with Crippen LogP contribution < -0.4 is 10.6 Å². The largest absolute Gasteiger partial charge is 0.377 e. The summed E-state index contributed by atoms with van der Waals surface area (Å²) >= 11 is 0. The standard InChI is InChI=1S/C14H19N3O2/c18-14(17-12-2-1-4-15-8-12)11-6-10-7-16-5-3-13(10)19-9-11/h1-2,4,8,10-11,13,16H,3,5-7,9H2,(H,17,18)/t10-,11-,13+/m0/s1. The van der Waals surface area contributed by atoms with Crippen LogP contribution in [-0.2, 0) is 9.53 Å². The molecule has 0 saturated carbocycles. The molecule has 0 aromatic carbocycles. The minimum absolute atomic E-state index is 0.0389. The Labute approximate surface area is 112 Å². The Balaban J connectivity index is 1.59. The highest BCUT2D eigenvalue weighted by Crippen LogP contribution is 2.29. The minimum Gasteiger partial charge on any atom is -0.377 e. The van der Waals surface area contributed by atoms with E-state index in [2.05, 4.69) is 15.6 Å². The summed E-state index contributed by atoms with van der Waals surface area (Å²) in [5.41, 5.74) is 0.747. The molecule has 2 aliphatic rings. The van der Waals surface area contributed by atoms with Gasteiger partial charge in [0.1, 0.15) is 0 Å². The van der Waals surface area contributed by atoms with Crippen LogP contribution in [0.3, 0.4) is 0 Å². The summed E-state index contributed by atoms with van der Waals surface area (Å²) in [6.45, 7) is 2.52. The number of hydrogen-bond acceptors (Lipinski definition) is 4. The first kappa shape index (κ1) is 12.6. The van der Waals surface area contributed by atoms with E-state index in [1.165, 1.54) is 0 Å². The van der Waals surface area contributed by atoms with E-state index in [4.69, 9.17) is 4.74 Å². The first-order chi connectivity index (χ1) is 9.33. The summed E-state index contributed by atoms with van der Waals surface area (Å²) in [4.78, 5) is 16.2. The van der Waals surface area contributed by atoms with Gasteiger partial charge in [0.05, 0.1) is 30.5 Å². The average molecular weight is 261 g/mol. The number of rotatable bonds is 2. The first-order valence-electron chi connectivity index (χ1n) is 6.86. The summed E-state index contributed by atoms with van der Waals surface area (Å²) in [6.07, 6.45) is 5.65. The number of aromatic nitrogens is 1. The second kappa shape index (κ2) is 5.67. The predicted octanol–water partition coefficient (Wildman–Crippen LogP) is 1.03. The van der Waals surface area contributed by atoms with Gasteiger partial charge in [0, 0.05) is 12.7 Å². The van der Waals surface area contributed by atoms with Crippen molar-refractivity contribution in [2.75, 3.05) is 25.0 Å². The van der Waals surface area contributed by atoms with Gasteiger partial charge in [0.15, 0.2) is 0 Å². The quantitative estimate of drug-likeness (QED) is 0.835. The third-order valence-electron chi connectivity index (χ3n) is 3.94. The Morgan fingerprint density at radius 1 is 1.53 bits per heavy atom. The van der Waals surface area contributed by atoms with Gasteiger partial charge in [-0.2, -0.15) is 0 Å². The lowest BCUT2D eigenvalue weighted by Gasteiger charge is -2.38. The van der Waals surface area contributed by atoms with Crippen molar-refractivity contribution in [3.8, 4) is 0 Å². The predicted molar refractivity (Wildman–Crippen MR) is 71.7 cm³/mol. The first-order valence-corrected chi connectivity index (χ1v) is 6.86. The highest BCUT2D eigenvalue weighted by atomic mass is 16.5. The van der Waals surface area contributed by atoms with Gasteiger partial charge in [0.2, 0.25) is 5.91 Å². The molecule has 5 heteroatoms. The van der Waals surface area contributed by atoms with Crippen molar-refractivity contribution in [3.63, 3.8) is 0 Å². The number of amides is 1. The van der Waals surface area contributed by atoms with E-state index in [9.17, 15) is 4.79 Å². The zero-order chi connectivity index (χ0) is 13.1. The average Bonchev–Trinajstić information content (AvgIpc) is 2.48. The number of nitrogens with zero attached hydrogens (tertiary/aromatic N) is 1. The Kier molecular flexibility index (Phi) is 3.75. The van der Waals surface area contributed by atoms with Crippen molar-refractivity contribution >= 4 is 11.6 Å². The van der Waals surface area contributed by atoms with E-state index in [1.54, 1.807) is 12.4 Å².